The molecule has 0 aromatic heterocycles. The number of amides is 9. The van der Waals surface area contributed by atoms with Gasteiger partial charge in [-0.3, -0.25) is 43.2 Å². The van der Waals surface area contributed by atoms with Gasteiger partial charge in [0.15, 0.2) is 0 Å². The van der Waals surface area contributed by atoms with Crippen molar-refractivity contribution in [2.45, 2.75) is 83.3 Å². The molecular formula is C29H47N13O9S2. The fraction of sp³-hybridized carbons (Fsp3) is 0.621. The van der Waals surface area contributed by atoms with Crippen molar-refractivity contribution in [1.82, 2.24) is 42.5 Å². The Morgan fingerprint density at radius 1 is 0.679 bits per heavy atom. The molecule has 0 radical (unpaired) electrons. The summed E-state index contributed by atoms with van der Waals surface area (Å²) >= 11 is 2.12. The normalized spacial score (nSPS) is 14.3. The molecule has 0 aromatic carbocycles. The van der Waals surface area contributed by atoms with E-state index in [-0.39, 0.29) is 48.0 Å². The van der Waals surface area contributed by atoms with Gasteiger partial charge in [0, 0.05) is 43.2 Å². The van der Waals surface area contributed by atoms with E-state index in [1.165, 1.54) is 34.6 Å². The number of rotatable bonds is 24. The van der Waals surface area contributed by atoms with Gasteiger partial charge < -0.3 is 54.0 Å². The van der Waals surface area contributed by atoms with Crippen molar-refractivity contribution in [3.8, 4) is 12.3 Å². The van der Waals surface area contributed by atoms with Gasteiger partial charge in [0.2, 0.25) is 53.2 Å². The Labute approximate surface area is 314 Å². The maximum atomic E-state index is 13.3. The maximum absolute atomic E-state index is 13.3. The molecule has 53 heavy (non-hydrogen) atoms. The number of carbonyl (C=O) groups excluding carboxylic acids is 9. The van der Waals surface area contributed by atoms with Crippen LogP contribution in [0.3, 0.4) is 0 Å². The molecule has 7 atom stereocenters. The van der Waals surface area contributed by atoms with Crippen LogP contribution in [0.4, 0.5) is 0 Å². The molecule has 0 saturated carbocycles. The Balaban J connectivity index is 5.80. The fourth-order valence-corrected chi connectivity index (χ4v) is 5.40. The lowest BCUT2D eigenvalue weighted by molar-refractivity contribution is -0.134. The summed E-state index contributed by atoms with van der Waals surface area (Å²) in [5.74, 6) is -4.31. The molecule has 22 nitrogen and oxygen atoms in total. The average molecular weight is 786 g/mol. The largest absolute Gasteiger partial charge is 0.368 e. The fourth-order valence-electron chi connectivity index (χ4n) is 3.61. The van der Waals surface area contributed by atoms with Crippen LogP contribution in [0.2, 0.25) is 0 Å². The van der Waals surface area contributed by atoms with Gasteiger partial charge in [0.1, 0.15) is 36.3 Å². The smallest absolute Gasteiger partial charge is 0.244 e. The first-order valence-corrected chi connectivity index (χ1v) is 18.1. The Kier molecular flexibility index (Phi) is 23.1. The Bertz CT molecular complexity index is 1440. The lowest BCUT2D eigenvalue weighted by Crippen LogP contribution is -2.59. The minimum atomic E-state index is -1.30. The lowest BCUT2D eigenvalue weighted by atomic mass is 10.1. The third-order valence-electron chi connectivity index (χ3n) is 6.60. The second-order valence-electron chi connectivity index (χ2n) is 11.2. The van der Waals surface area contributed by atoms with Gasteiger partial charge in [-0.1, -0.05) is 5.11 Å². The van der Waals surface area contributed by atoms with Gasteiger partial charge in [-0.2, -0.15) is 0 Å². The molecule has 0 bridgehead atoms. The first-order chi connectivity index (χ1) is 24.8. The monoisotopic (exact) mass is 785 g/mol. The zero-order valence-electron chi connectivity index (χ0n) is 29.8. The number of carbonyl (C=O) groups is 9. The first-order valence-electron chi connectivity index (χ1n) is 15.8. The van der Waals surface area contributed by atoms with E-state index in [0.29, 0.717) is 0 Å². The molecular weight excluding hydrogens is 739 g/mol. The summed E-state index contributed by atoms with van der Waals surface area (Å²) in [7, 11) is 0. The Morgan fingerprint density at radius 3 is 1.40 bits per heavy atom. The van der Waals surface area contributed by atoms with E-state index in [9.17, 15) is 43.2 Å². The SMILES string of the molecule is C#CC[C@H](NC(=O)[C@H](C)NC(=O)[C@H](CSCNC(C)=O)NC(=O)[C@H](C)NC(=O)[C@H](CSCNC(C)=O)NC(=O)[C@H](C)NC(=O)[C@@H](N)CN=[N+]=[N-])C(N)=O. The van der Waals surface area contributed by atoms with Crippen LogP contribution in [-0.4, -0.2) is 125 Å². The van der Waals surface area contributed by atoms with E-state index in [1.807, 2.05) is 0 Å². The summed E-state index contributed by atoms with van der Waals surface area (Å²) < 4.78 is 0. The zero-order chi connectivity index (χ0) is 40.7. The number of hydrogen-bond donors (Lipinski definition) is 10. The summed E-state index contributed by atoms with van der Waals surface area (Å²) in [6, 6.07) is -8.73. The van der Waals surface area contributed by atoms with Gasteiger partial charge in [-0.15, -0.1) is 35.9 Å². The molecule has 0 aromatic rings. The zero-order valence-corrected chi connectivity index (χ0v) is 31.5. The van der Waals surface area contributed by atoms with Crippen molar-refractivity contribution in [2.24, 2.45) is 16.6 Å². The summed E-state index contributed by atoms with van der Waals surface area (Å²) in [5, 5.41) is 22.7. The predicted octanol–water partition coefficient (Wildman–Crippen LogP) is -4.25. The van der Waals surface area contributed by atoms with E-state index in [4.69, 9.17) is 23.4 Å². The third kappa shape index (κ3) is 20.4. The van der Waals surface area contributed by atoms with Crippen molar-refractivity contribution < 1.29 is 43.2 Å². The van der Waals surface area contributed by atoms with Crippen molar-refractivity contribution in [2.75, 3.05) is 29.8 Å². The lowest BCUT2D eigenvalue weighted by Gasteiger charge is -2.25. The standard InChI is InChI=1S/C29H47N13O9S2/c1-7-8-20(23(31)45)39-24(46)15(3)37-28(50)22(11-53-13-34-18(6)44)41-26(48)16(4)38-29(51)21(10-52-12-33-17(5)43)40-25(47)14(2)36-27(49)19(30)9-35-42-32/h1,14-16,19-22H,8-13,30H2,2-6H3,(H2,31,45)(H,33,43)(H,34,44)(H,36,49)(H,37,50)(H,38,51)(H,39,46)(H,40,47)(H,41,48)/t14-,15-,16-,19-,20-,21-,22-/m0/s1. The molecule has 24 heteroatoms. The van der Waals surface area contributed by atoms with E-state index in [1.54, 1.807) is 0 Å². The number of azide groups is 1. The average Bonchev–Trinajstić information content (AvgIpc) is 3.08. The van der Waals surface area contributed by atoms with Crippen LogP contribution in [0.15, 0.2) is 5.11 Å². The van der Waals surface area contributed by atoms with Gasteiger partial charge in [-0.25, -0.2) is 0 Å². The highest BCUT2D eigenvalue weighted by atomic mass is 32.2. The number of thioether (sulfide) groups is 2. The maximum Gasteiger partial charge on any atom is 0.244 e. The first kappa shape index (κ1) is 47.8. The predicted molar refractivity (Wildman–Crippen MR) is 196 cm³/mol. The van der Waals surface area contributed by atoms with Crippen molar-refractivity contribution in [3.63, 3.8) is 0 Å². The molecule has 0 unspecified atom stereocenters. The van der Waals surface area contributed by atoms with Crippen LogP contribution in [0.1, 0.15) is 41.0 Å². The molecule has 0 spiro atoms. The summed E-state index contributed by atoms with van der Waals surface area (Å²) in [6.45, 7) is 6.13. The van der Waals surface area contributed by atoms with Crippen molar-refractivity contribution >= 4 is 76.7 Å². The summed E-state index contributed by atoms with van der Waals surface area (Å²) in [6.07, 6.45) is 5.02. The second-order valence-corrected chi connectivity index (χ2v) is 13.3. The third-order valence-corrected chi connectivity index (χ3v) is 8.43. The number of hydrogen-bond acceptors (Lipinski definition) is 13. The van der Waals surface area contributed by atoms with E-state index < -0.39 is 83.6 Å². The topological polar surface area (TPSA) is 351 Å². The molecule has 294 valence electrons. The van der Waals surface area contributed by atoms with E-state index in [2.05, 4.69) is 58.5 Å². The highest BCUT2D eigenvalue weighted by molar-refractivity contribution is 7.99. The molecule has 0 fully saturated rings. The molecule has 12 N–H and O–H groups in total. The number of nitrogens with one attached hydrogen (secondary N) is 8. The number of terminal acetylenes is 1. The van der Waals surface area contributed by atoms with Crippen LogP contribution < -0.4 is 54.0 Å². The molecule has 0 aliphatic rings. The van der Waals surface area contributed by atoms with Crippen molar-refractivity contribution in [3.05, 3.63) is 10.4 Å². The minimum absolute atomic E-state index is 0.0693. The van der Waals surface area contributed by atoms with Crippen LogP contribution in [-0.2, 0) is 43.2 Å². The molecule has 0 aliphatic heterocycles. The van der Waals surface area contributed by atoms with Crippen molar-refractivity contribution in [1.29, 1.82) is 0 Å². The van der Waals surface area contributed by atoms with E-state index in [0.717, 1.165) is 23.5 Å². The van der Waals surface area contributed by atoms with E-state index >= 15 is 0 Å². The molecule has 0 heterocycles. The second kappa shape index (κ2) is 25.7. The minimum Gasteiger partial charge on any atom is -0.368 e. The Morgan fingerprint density at radius 2 is 1.06 bits per heavy atom. The van der Waals surface area contributed by atoms with Gasteiger partial charge in [-0.05, 0) is 26.3 Å². The van der Waals surface area contributed by atoms with Crippen LogP contribution in [0.5, 0.6) is 0 Å². The molecule has 0 saturated heterocycles. The molecule has 9 amide bonds. The highest BCUT2D eigenvalue weighted by Gasteiger charge is 2.31. The number of nitrogens with zero attached hydrogens (tertiary/aromatic N) is 3. The number of nitrogens with two attached hydrogens (primary N) is 2. The molecule has 0 aliphatic carbocycles. The van der Waals surface area contributed by atoms with Gasteiger partial charge in [0.05, 0.1) is 17.8 Å². The summed E-state index contributed by atoms with van der Waals surface area (Å²) in [5.41, 5.74) is 19.3. The highest BCUT2D eigenvalue weighted by Crippen LogP contribution is 2.06. The van der Waals surface area contributed by atoms with Crippen LogP contribution >= 0.6 is 23.5 Å². The van der Waals surface area contributed by atoms with Crippen LogP contribution in [0.25, 0.3) is 10.4 Å². The summed E-state index contributed by atoms with van der Waals surface area (Å²) in [4.78, 5) is 114. The number of primary amides is 1. The van der Waals surface area contributed by atoms with Gasteiger partial charge in [0.25, 0.3) is 0 Å². The van der Waals surface area contributed by atoms with Gasteiger partial charge >= 0.3 is 0 Å². The Hall–Kier alpha value is -5.24. The van der Waals surface area contributed by atoms with Crippen LogP contribution in [0, 0.1) is 12.3 Å². The quantitative estimate of drug-likeness (QED) is 0.0111. The molecule has 0 rings (SSSR count).